The molecule has 0 aromatic heterocycles. The number of likely N-dealkylation sites (tertiary alicyclic amines) is 1. The first kappa shape index (κ1) is 26.3. The van der Waals surface area contributed by atoms with Gasteiger partial charge in [0.1, 0.15) is 5.75 Å². The zero-order valence-electron chi connectivity index (χ0n) is 23.1. The third-order valence-electron chi connectivity index (χ3n) is 7.73. The summed E-state index contributed by atoms with van der Waals surface area (Å²) in [5, 5.41) is 6.78. The fourth-order valence-electron chi connectivity index (χ4n) is 5.63. The van der Waals surface area contributed by atoms with Gasteiger partial charge in [0.15, 0.2) is 0 Å². The van der Waals surface area contributed by atoms with Gasteiger partial charge in [-0.2, -0.15) is 0 Å². The van der Waals surface area contributed by atoms with Crippen molar-refractivity contribution in [3.8, 4) is 16.9 Å². The summed E-state index contributed by atoms with van der Waals surface area (Å²) < 4.78 is 6.23. The molecular weight excluding hydrogens is 472 g/mol. The normalized spacial score (nSPS) is 17.3. The van der Waals surface area contributed by atoms with Crippen molar-refractivity contribution in [2.45, 2.75) is 39.2 Å². The van der Waals surface area contributed by atoms with Crippen molar-refractivity contribution in [3.05, 3.63) is 65.2 Å². The van der Waals surface area contributed by atoms with Crippen LogP contribution in [-0.4, -0.2) is 68.6 Å². The van der Waals surface area contributed by atoms with Crippen LogP contribution in [0.4, 0.5) is 11.4 Å². The van der Waals surface area contributed by atoms with Crippen molar-refractivity contribution in [1.29, 1.82) is 0 Å². The number of anilines is 2. The molecule has 2 aliphatic carbocycles. The van der Waals surface area contributed by atoms with E-state index >= 15 is 0 Å². The van der Waals surface area contributed by atoms with Gasteiger partial charge in [0, 0.05) is 53.8 Å². The smallest absolute Gasteiger partial charge is 0.256 e. The summed E-state index contributed by atoms with van der Waals surface area (Å²) in [4.78, 5) is 17.7. The Labute approximate surface area is 227 Å². The molecular formula is C32H40N4O2. The molecule has 1 aromatic rings. The largest absolute Gasteiger partial charge is 0.493 e. The van der Waals surface area contributed by atoms with Gasteiger partial charge in [-0.1, -0.05) is 31.2 Å². The minimum Gasteiger partial charge on any atom is -0.493 e. The Bertz CT molecular complexity index is 1290. The number of aryl methyl sites for hydroxylation is 1. The number of fused-ring (bicyclic) bond motifs is 2. The summed E-state index contributed by atoms with van der Waals surface area (Å²) in [6, 6.07) is 17.1. The highest BCUT2D eigenvalue weighted by atomic mass is 16.5. The molecule has 2 aliphatic heterocycles. The Hall–Kier alpha value is -3.35. The highest BCUT2D eigenvalue weighted by molar-refractivity contribution is 6.35. The maximum atomic E-state index is 13.1. The Morgan fingerprint density at radius 2 is 1.89 bits per heavy atom. The van der Waals surface area contributed by atoms with Crippen molar-refractivity contribution in [3.63, 3.8) is 0 Å². The van der Waals surface area contributed by atoms with Crippen LogP contribution in [0.25, 0.3) is 22.8 Å². The highest BCUT2D eigenvalue weighted by Crippen LogP contribution is 2.42. The molecule has 5 rings (SSSR count). The lowest BCUT2D eigenvalue weighted by Gasteiger charge is -2.32. The Morgan fingerprint density at radius 3 is 2.66 bits per heavy atom. The lowest BCUT2D eigenvalue weighted by atomic mass is 10.0. The van der Waals surface area contributed by atoms with E-state index in [4.69, 9.17) is 4.74 Å². The number of benzene rings is 1. The minimum atomic E-state index is -0.0547. The molecule has 200 valence electrons. The molecule has 2 N–H and O–H groups in total. The molecule has 1 aromatic carbocycles. The predicted octanol–water partition coefficient (Wildman–Crippen LogP) is 5.82. The van der Waals surface area contributed by atoms with E-state index in [1.54, 1.807) is 0 Å². The number of hydrogen-bond donors (Lipinski definition) is 2. The predicted molar refractivity (Wildman–Crippen MR) is 158 cm³/mol. The first-order valence-electron chi connectivity index (χ1n) is 13.9. The Balaban J connectivity index is 1.39. The van der Waals surface area contributed by atoms with Crippen LogP contribution >= 0.6 is 0 Å². The molecule has 1 amide bonds. The van der Waals surface area contributed by atoms with E-state index in [1.165, 1.54) is 0 Å². The van der Waals surface area contributed by atoms with Crippen molar-refractivity contribution < 1.29 is 9.53 Å². The van der Waals surface area contributed by atoms with Crippen molar-refractivity contribution in [1.82, 2.24) is 9.80 Å². The van der Waals surface area contributed by atoms with E-state index in [9.17, 15) is 4.79 Å². The molecule has 0 saturated carbocycles. The number of carbonyl (C=O) groups is 1. The number of rotatable bonds is 9. The topological polar surface area (TPSA) is 56.8 Å². The van der Waals surface area contributed by atoms with Crippen LogP contribution in [0.3, 0.4) is 0 Å². The van der Waals surface area contributed by atoms with Crippen LogP contribution < -0.4 is 15.4 Å². The molecule has 1 fully saturated rings. The van der Waals surface area contributed by atoms with Crippen LogP contribution in [0, 0.1) is 6.92 Å². The first-order chi connectivity index (χ1) is 18.4. The second kappa shape index (κ2) is 11.6. The van der Waals surface area contributed by atoms with Gasteiger partial charge in [-0.05, 0) is 93.9 Å². The van der Waals surface area contributed by atoms with Crippen LogP contribution in [-0.2, 0) is 4.79 Å². The van der Waals surface area contributed by atoms with E-state index in [0.717, 1.165) is 90.4 Å². The van der Waals surface area contributed by atoms with Gasteiger partial charge in [-0.25, -0.2) is 0 Å². The van der Waals surface area contributed by atoms with Gasteiger partial charge in [-0.15, -0.1) is 0 Å². The number of carbonyl (C=O) groups excluding carboxylic acids is 1. The fraction of sp³-hybridized carbons (Fsp3) is 0.406. The summed E-state index contributed by atoms with van der Waals surface area (Å²) >= 11 is 0. The minimum absolute atomic E-state index is 0.0547. The van der Waals surface area contributed by atoms with Crippen LogP contribution in [0.5, 0.6) is 5.75 Å². The molecule has 0 atom stereocenters. The second-order valence-electron chi connectivity index (χ2n) is 10.8. The monoisotopic (exact) mass is 512 g/mol. The molecule has 0 radical (unpaired) electrons. The third kappa shape index (κ3) is 5.71. The zero-order valence-corrected chi connectivity index (χ0v) is 23.1. The number of nitrogens with one attached hydrogen (secondary N) is 2. The molecule has 1 saturated heterocycles. The van der Waals surface area contributed by atoms with Crippen molar-refractivity contribution in [2.24, 2.45) is 0 Å². The summed E-state index contributed by atoms with van der Waals surface area (Å²) in [5.41, 5.74) is 8.00. The molecule has 6 nitrogen and oxygen atoms in total. The third-order valence-corrected chi connectivity index (χ3v) is 7.73. The summed E-state index contributed by atoms with van der Waals surface area (Å²) in [5.74, 6) is 0.837. The number of amides is 1. The molecule has 4 aliphatic rings. The summed E-state index contributed by atoms with van der Waals surface area (Å²) in [6.07, 6.45) is 5.28. The number of ether oxygens (including phenoxy) is 1. The zero-order chi connectivity index (χ0) is 26.6. The van der Waals surface area contributed by atoms with Crippen molar-refractivity contribution >= 4 is 28.9 Å². The van der Waals surface area contributed by atoms with E-state index in [1.807, 2.05) is 30.3 Å². The van der Waals surface area contributed by atoms with Gasteiger partial charge < -0.3 is 25.2 Å². The van der Waals surface area contributed by atoms with Crippen LogP contribution in [0.15, 0.2) is 48.5 Å². The average molecular weight is 513 g/mol. The quantitative estimate of drug-likeness (QED) is 0.280. The van der Waals surface area contributed by atoms with E-state index < -0.39 is 0 Å². The molecule has 0 spiro atoms. The maximum absolute atomic E-state index is 13.1. The van der Waals surface area contributed by atoms with Crippen molar-refractivity contribution in [2.75, 3.05) is 57.5 Å². The fourth-order valence-corrected chi connectivity index (χ4v) is 5.63. The standard InChI is InChI=1S/C32H40N4O2/c1-5-36-16-13-24(14-17-36)33-25-11-12-29-27(21-25)28(32(37)34-29)20-23-19-22(2)31-26(23)9-6-7-10-30(31)38-18-8-15-35(3)4/h6-7,9-12,19-21,24,33H,5,8,13-18H2,1-4H3,(H,34,37)/b28-20+. The van der Waals surface area contributed by atoms with Crippen LogP contribution in [0.2, 0.25) is 0 Å². The van der Waals surface area contributed by atoms with Gasteiger partial charge >= 0.3 is 0 Å². The van der Waals surface area contributed by atoms with Gasteiger partial charge in [0.2, 0.25) is 0 Å². The number of piperidine rings is 1. The van der Waals surface area contributed by atoms with Gasteiger partial charge in [0.25, 0.3) is 5.91 Å². The van der Waals surface area contributed by atoms with Gasteiger partial charge in [0.05, 0.1) is 6.61 Å². The lowest BCUT2D eigenvalue weighted by Crippen LogP contribution is -2.38. The number of hydrogen-bond acceptors (Lipinski definition) is 5. The molecule has 0 unspecified atom stereocenters. The molecule has 2 heterocycles. The average Bonchev–Trinajstić information content (AvgIpc) is 3.27. The summed E-state index contributed by atoms with van der Waals surface area (Å²) in [7, 11) is 4.15. The first-order valence-corrected chi connectivity index (χ1v) is 13.9. The Kier molecular flexibility index (Phi) is 8.01. The van der Waals surface area contributed by atoms with E-state index in [-0.39, 0.29) is 5.91 Å². The highest BCUT2D eigenvalue weighted by Gasteiger charge is 2.27. The van der Waals surface area contributed by atoms with Gasteiger partial charge in [-0.3, -0.25) is 4.79 Å². The van der Waals surface area contributed by atoms with Crippen LogP contribution in [0.1, 0.15) is 42.9 Å². The number of nitrogens with zero attached hydrogens (tertiary/aromatic N) is 2. The summed E-state index contributed by atoms with van der Waals surface area (Å²) in [6.45, 7) is 9.38. The Morgan fingerprint density at radius 1 is 1.11 bits per heavy atom. The van der Waals surface area contributed by atoms with E-state index in [2.05, 4.69) is 72.6 Å². The SMILES string of the molecule is CCN1CCC(Nc2ccc3c(c2)/C(=C\c2cc(C)c4c(OCCCN(C)C)ccccc2-4)C(=O)N3)CC1. The van der Waals surface area contributed by atoms with E-state index in [0.29, 0.717) is 18.2 Å². The molecule has 0 bridgehead atoms. The maximum Gasteiger partial charge on any atom is 0.256 e. The second-order valence-corrected chi connectivity index (χ2v) is 10.8. The lowest BCUT2D eigenvalue weighted by molar-refractivity contribution is -0.110. The molecule has 38 heavy (non-hydrogen) atoms. The molecule has 6 heteroatoms.